The second-order valence-electron chi connectivity index (χ2n) is 4.37. The van der Waals surface area contributed by atoms with E-state index in [4.69, 9.17) is 4.74 Å². The largest absolute Gasteiger partial charge is 0.457 e. The van der Waals surface area contributed by atoms with E-state index >= 15 is 0 Å². The molecule has 0 saturated heterocycles. The Bertz CT molecular complexity index is 557. The average molecular weight is 339 g/mol. The standard InChI is InChI=1S/C15H16BrFN2O/c1-2-4-18-10-13-9-14(3-5-19-13)20-15-7-11(16)6-12(17)8-15/h3,5-9,18H,2,4,10H2,1H3. The molecule has 5 heteroatoms. The molecule has 3 nitrogen and oxygen atoms in total. The van der Waals surface area contributed by atoms with E-state index < -0.39 is 0 Å². The molecule has 1 aromatic carbocycles. The van der Waals surface area contributed by atoms with E-state index in [2.05, 4.69) is 33.2 Å². The highest BCUT2D eigenvalue weighted by atomic mass is 79.9. The summed E-state index contributed by atoms with van der Waals surface area (Å²) in [6.07, 6.45) is 2.76. The molecule has 1 aromatic heterocycles. The summed E-state index contributed by atoms with van der Waals surface area (Å²) < 4.78 is 19.6. The van der Waals surface area contributed by atoms with Crippen molar-refractivity contribution in [3.63, 3.8) is 0 Å². The molecule has 106 valence electrons. The van der Waals surface area contributed by atoms with Crippen molar-refractivity contribution < 1.29 is 9.13 Å². The molecule has 0 saturated carbocycles. The zero-order chi connectivity index (χ0) is 14.4. The fourth-order valence-electron chi connectivity index (χ4n) is 1.73. The second-order valence-corrected chi connectivity index (χ2v) is 5.28. The predicted molar refractivity (Wildman–Crippen MR) is 80.4 cm³/mol. The Balaban J connectivity index is 2.07. The average Bonchev–Trinajstić information content (AvgIpc) is 2.38. The van der Waals surface area contributed by atoms with Crippen molar-refractivity contribution in [2.45, 2.75) is 19.9 Å². The van der Waals surface area contributed by atoms with Gasteiger partial charge in [0.25, 0.3) is 0 Å². The van der Waals surface area contributed by atoms with Crippen LogP contribution < -0.4 is 10.1 Å². The van der Waals surface area contributed by atoms with Crippen LogP contribution in [-0.2, 0) is 6.54 Å². The predicted octanol–water partition coefficient (Wildman–Crippen LogP) is 4.28. The van der Waals surface area contributed by atoms with Crippen molar-refractivity contribution in [2.24, 2.45) is 0 Å². The third-order valence-electron chi connectivity index (χ3n) is 2.59. The number of hydrogen-bond donors (Lipinski definition) is 1. The maximum atomic E-state index is 13.3. The molecule has 0 spiro atoms. The lowest BCUT2D eigenvalue weighted by Crippen LogP contribution is -2.14. The van der Waals surface area contributed by atoms with Gasteiger partial charge in [-0.2, -0.15) is 0 Å². The van der Waals surface area contributed by atoms with Crippen molar-refractivity contribution in [3.8, 4) is 11.5 Å². The quantitative estimate of drug-likeness (QED) is 0.798. The molecule has 0 aliphatic heterocycles. The van der Waals surface area contributed by atoms with Crippen LogP contribution in [0, 0.1) is 5.82 Å². The van der Waals surface area contributed by atoms with Crippen LogP contribution >= 0.6 is 15.9 Å². The lowest BCUT2D eigenvalue weighted by Gasteiger charge is -2.08. The van der Waals surface area contributed by atoms with Gasteiger partial charge in [0.2, 0.25) is 0 Å². The molecule has 0 amide bonds. The van der Waals surface area contributed by atoms with Gasteiger partial charge in [-0.1, -0.05) is 22.9 Å². The van der Waals surface area contributed by atoms with Gasteiger partial charge < -0.3 is 10.1 Å². The minimum absolute atomic E-state index is 0.340. The monoisotopic (exact) mass is 338 g/mol. The first kappa shape index (κ1) is 14.9. The first-order valence-electron chi connectivity index (χ1n) is 6.47. The summed E-state index contributed by atoms with van der Waals surface area (Å²) in [5, 5.41) is 3.28. The lowest BCUT2D eigenvalue weighted by atomic mass is 10.3. The van der Waals surface area contributed by atoms with Gasteiger partial charge in [-0.15, -0.1) is 0 Å². The van der Waals surface area contributed by atoms with Crippen LogP contribution in [0.1, 0.15) is 19.0 Å². The summed E-state index contributed by atoms with van der Waals surface area (Å²) in [6, 6.07) is 8.06. The van der Waals surface area contributed by atoms with Crippen molar-refractivity contribution in [3.05, 3.63) is 52.5 Å². The van der Waals surface area contributed by atoms with Gasteiger partial charge >= 0.3 is 0 Å². The van der Waals surface area contributed by atoms with Crippen LogP contribution in [0.2, 0.25) is 0 Å². The third kappa shape index (κ3) is 4.58. The van der Waals surface area contributed by atoms with E-state index in [9.17, 15) is 4.39 Å². The topological polar surface area (TPSA) is 34.1 Å². The summed E-state index contributed by atoms with van der Waals surface area (Å²) in [4.78, 5) is 4.26. The summed E-state index contributed by atoms with van der Waals surface area (Å²) in [6.45, 7) is 3.75. The molecule has 0 radical (unpaired) electrons. The zero-order valence-corrected chi connectivity index (χ0v) is 12.8. The van der Waals surface area contributed by atoms with Crippen molar-refractivity contribution in [2.75, 3.05) is 6.54 Å². The smallest absolute Gasteiger partial charge is 0.131 e. The number of nitrogens with one attached hydrogen (secondary N) is 1. The van der Waals surface area contributed by atoms with E-state index in [1.54, 1.807) is 18.3 Å². The summed E-state index contributed by atoms with van der Waals surface area (Å²) >= 11 is 3.24. The molecule has 0 bridgehead atoms. The van der Waals surface area contributed by atoms with Crippen molar-refractivity contribution >= 4 is 15.9 Å². The first-order chi connectivity index (χ1) is 9.67. The SMILES string of the molecule is CCCNCc1cc(Oc2cc(F)cc(Br)c2)ccn1. The third-order valence-corrected chi connectivity index (χ3v) is 3.05. The number of rotatable bonds is 6. The number of pyridine rings is 1. The minimum atomic E-state index is -0.340. The molecular formula is C15H16BrFN2O. The molecule has 1 heterocycles. The fraction of sp³-hybridized carbons (Fsp3) is 0.267. The number of halogens is 2. The van der Waals surface area contributed by atoms with E-state index in [0.29, 0.717) is 22.5 Å². The number of aromatic nitrogens is 1. The van der Waals surface area contributed by atoms with Crippen LogP contribution in [-0.4, -0.2) is 11.5 Å². The van der Waals surface area contributed by atoms with Crippen LogP contribution in [0.3, 0.4) is 0 Å². The summed E-state index contributed by atoms with van der Waals surface area (Å²) in [7, 11) is 0. The van der Waals surface area contributed by atoms with Crippen molar-refractivity contribution in [1.82, 2.24) is 10.3 Å². The first-order valence-corrected chi connectivity index (χ1v) is 7.26. The molecule has 2 aromatic rings. The maximum Gasteiger partial charge on any atom is 0.131 e. The normalized spacial score (nSPS) is 10.6. The van der Waals surface area contributed by atoms with Crippen LogP contribution in [0.4, 0.5) is 4.39 Å². The van der Waals surface area contributed by atoms with E-state index in [1.807, 2.05) is 6.07 Å². The lowest BCUT2D eigenvalue weighted by molar-refractivity contribution is 0.474. The number of nitrogens with zero attached hydrogens (tertiary/aromatic N) is 1. The molecular weight excluding hydrogens is 323 g/mol. The molecule has 1 N–H and O–H groups in total. The Kier molecular flexibility index (Phi) is 5.49. The zero-order valence-electron chi connectivity index (χ0n) is 11.2. The molecule has 0 atom stereocenters. The van der Waals surface area contributed by atoms with Crippen LogP contribution in [0.15, 0.2) is 41.0 Å². The Morgan fingerprint density at radius 3 is 2.85 bits per heavy atom. The minimum Gasteiger partial charge on any atom is -0.457 e. The number of ether oxygens (including phenoxy) is 1. The highest BCUT2D eigenvalue weighted by Gasteiger charge is 2.03. The maximum absolute atomic E-state index is 13.3. The molecule has 2 rings (SSSR count). The molecule has 0 unspecified atom stereocenters. The van der Waals surface area contributed by atoms with Gasteiger partial charge in [0.05, 0.1) is 5.69 Å². The van der Waals surface area contributed by atoms with Gasteiger partial charge in [-0.3, -0.25) is 4.98 Å². The van der Waals surface area contributed by atoms with Gasteiger partial charge in [-0.25, -0.2) is 4.39 Å². The van der Waals surface area contributed by atoms with Gasteiger partial charge in [0.1, 0.15) is 17.3 Å². The van der Waals surface area contributed by atoms with E-state index in [1.165, 1.54) is 12.1 Å². The van der Waals surface area contributed by atoms with Crippen molar-refractivity contribution in [1.29, 1.82) is 0 Å². The highest BCUT2D eigenvalue weighted by molar-refractivity contribution is 9.10. The molecule has 0 aliphatic carbocycles. The Labute approximate surface area is 126 Å². The Hall–Kier alpha value is -1.46. The number of benzene rings is 1. The van der Waals surface area contributed by atoms with Crippen LogP contribution in [0.5, 0.6) is 11.5 Å². The van der Waals surface area contributed by atoms with Crippen LogP contribution in [0.25, 0.3) is 0 Å². The highest BCUT2D eigenvalue weighted by Crippen LogP contribution is 2.25. The fourth-order valence-corrected chi connectivity index (χ4v) is 2.18. The Morgan fingerprint density at radius 2 is 2.10 bits per heavy atom. The van der Waals surface area contributed by atoms with E-state index in [-0.39, 0.29) is 5.82 Å². The molecule has 0 fully saturated rings. The summed E-state index contributed by atoms with van der Waals surface area (Å²) in [5.41, 5.74) is 0.895. The van der Waals surface area contributed by atoms with Gasteiger partial charge in [-0.05, 0) is 31.2 Å². The second kappa shape index (κ2) is 7.36. The molecule has 0 aliphatic rings. The van der Waals surface area contributed by atoms with Gasteiger partial charge in [0, 0.05) is 29.3 Å². The number of hydrogen-bond acceptors (Lipinski definition) is 3. The summed E-state index contributed by atoms with van der Waals surface area (Å²) in [5.74, 6) is 0.759. The van der Waals surface area contributed by atoms with Gasteiger partial charge in [0.15, 0.2) is 0 Å². The van der Waals surface area contributed by atoms with E-state index in [0.717, 1.165) is 18.7 Å². The molecule has 20 heavy (non-hydrogen) atoms. The Morgan fingerprint density at radius 1 is 1.25 bits per heavy atom.